The van der Waals surface area contributed by atoms with Crippen molar-refractivity contribution in [3.8, 4) is 0 Å². The third kappa shape index (κ3) is 2.20. The first-order chi connectivity index (χ1) is 8.11. The van der Waals surface area contributed by atoms with Crippen molar-refractivity contribution in [1.29, 1.82) is 0 Å². The van der Waals surface area contributed by atoms with Crippen molar-refractivity contribution in [3.63, 3.8) is 0 Å². The van der Waals surface area contributed by atoms with Crippen LogP contribution in [0.25, 0.3) is 0 Å². The molecule has 1 amide bonds. The number of carbonyl (C=O) groups excluding carboxylic acids is 1. The molecule has 1 saturated heterocycles. The van der Waals surface area contributed by atoms with Crippen molar-refractivity contribution in [1.82, 2.24) is 0 Å². The highest BCUT2D eigenvalue weighted by Gasteiger charge is 2.33. The van der Waals surface area contributed by atoms with Gasteiger partial charge in [-0.05, 0) is 18.2 Å². The largest absolute Gasteiger partial charge is 0.409 e. The highest BCUT2D eigenvalue weighted by Crippen LogP contribution is 2.25. The molecule has 3 N–H and O–H groups in total. The summed E-state index contributed by atoms with van der Waals surface area (Å²) in [6.45, 7) is 0.304. The third-order valence-electron chi connectivity index (χ3n) is 2.78. The average molecular weight is 237 g/mol. The van der Waals surface area contributed by atoms with E-state index in [0.717, 1.165) is 0 Å². The zero-order valence-electron chi connectivity index (χ0n) is 9.01. The molecule has 0 aliphatic carbocycles. The molecule has 17 heavy (non-hydrogen) atoms. The molecule has 1 atom stereocenters. The van der Waals surface area contributed by atoms with Crippen molar-refractivity contribution >= 4 is 17.4 Å². The number of nitrogens with zero attached hydrogens (tertiary/aromatic N) is 2. The van der Waals surface area contributed by atoms with Gasteiger partial charge in [-0.2, -0.15) is 0 Å². The summed E-state index contributed by atoms with van der Waals surface area (Å²) in [4.78, 5) is 13.2. The van der Waals surface area contributed by atoms with Gasteiger partial charge in [-0.1, -0.05) is 11.2 Å². The van der Waals surface area contributed by atoms with Crippen molar-refractivity contribution in [3.05, 3.63) is 30.1 Å². The Bertz CT molecular complexity index is 476. The molecule has 90 valence electrons. The fraction of sp³-hybridized carbons (Fsp3) is 0.273. The number of hydrogen-bond acceptors (Lipinski definition) is 3. The molecule has 0 bridgehead atoms. The van der Waals surface area contributed by atoms with Gasteiger partial charge < -0.3 is 15.8 Å². The second-order valence-corrected chi connectivity index (χ2v) is 3.91. The maximum atomic E-state index is 13.0. The number of benzene rings is 1. The topological polar surface area (TPSA) is 78.9 Å². The van der Waals surface area contributed by atoms with Crippen molar-refractivity contribution < 1.29 is 14.4 Å². The zero-order chi connectivity index (χ0) is 12.4. The van der Waals surface area contributed by atoms with E-state index in [9.17, 15) is 9.18 Å². The summed E-state index contributed by atoms with van der Waals surface area (Å²) in [7, 11) is 0. The summed E-state index contributed by atoms with van der Waals surface area (Å²) in [6, 6.07) is 5.78. The monoisotopic (exact) mass is 237 g/mol. The first-order valence-electron chi connectivity index (χ1n) is 5.15. The van der Waals surface area contributed by atoms with Gasteiger partial charge in [0.2, 0.25) is 5.91 Å². The molecule has 0 aromatic heterocycles. The first-order valence-corrected chi connectivity index (χ1v) is 5.15. The van der Waals surface area contributed by atoms with E-state index in [1.165, 1.54) is 23.1 Å². The highest BCUT2D eigenvalue weighted by atomic mass is 19.1. The molecule has 6 heteroatoms. The second kappa shape index (κ2) is 4.40. The van der Waals surface area contributed by atoms with Gasteiger partial charge in [-0.25, -0.2) is 4.39 Å². The van der Waals surface area contributed by atoms with Crippen molar-refractivity contribution in [2.24, 2.45) is 16.8 Å². The van der Waals surface area contributed by atoms with Crippen LogP contribution in [-0.2, 0) is 4.79 Å². The first kappa shape index (κ1) is 11.4. The lowest BCUT2D eigenvalue weighted by molar-refractivity contribution is -0.117. The Hall–Kier alpha value is -2.11. The Balaban J connectivity index is 2.21. The van der Waals surface area contributed by atoms with Crippen LogP contribution in [0.5, 0.6) is 0 Å². The molecule has 0 saturated carbocycles. The molecular weight excluding hydrogens is 225 g/mol. The SMILES string of the molecule is N/C(=N/O)[C@H]1CC(=O)N(c2cccc(F)c2)C1. The standard InChI is InChI=1S/C11H12FN3O2/c12-8-2-1-3-9(5-8)15-6-7(4-10(15)16)11(13)14-17/h1-3,5,7,17H,4,6H2,(H2,13,14)/t7-/m0/s1. The number of hydrogen-bond donors (Lipinski definition) is 2. The lowest BCUT2D eigenvalue weighted by Crippen LogP contribution is -2.28. The molecule has 0 unspecified atom stereocenters. The molecule has 1 aromatic rings. The summed E-state index contributed by atoms with van der Waals surface area (Å²) < 4.78 is 13.0. The van der Waals surface area contributed by atoms with Crippen LogP contribution in [0.2, 0.25) is 0 Å². The number of rotatable bonds is 2. The molecule has 1 heterocycles. The van der Waals surface area contributed by atoms with Gasteiger partial charge in [0, 0.05) is 24.6 Å². The van der Waals surface area contributed by atoms with E-state index in [1.54, 1.807) is 6.07 Å². The fourth-order valence-corrected chi connectivity index (χ4v) is 1.88. The fourth-order valence-electron chi connectivity index (χ4n) is 1.88. The molecule has 1 fully saturated rings. The Morgan fingerprint density at radius 2 is 2.35 bits per heavy atom. The van der Waals surface area contributed by atoms with Crippen LogP contribution in [0.3, 0.4) is 0 Å². The average Bonchev–Trinajstić information content (AvgIpc) is 2.70. The number of amidine groups is 1. The van der Waals surface area contributed by atoms with Gasteiger partial charge in [-0.3, -0.25) is 4.79 Å². The van der Waals surface area contributed by atoms with Crippen LogP contribution < -0.4 is 10.6 Å². The summed E-state index contributed by atoms with van der Waals surface area (Å²) in [6.07, 6.45) is 0.173. The normalized spacial score (nSPS) is 21.0. The Labute approximate surface area is 97.3 Å². The van der Waals surface area contributed by atoms with Crippen LogP contribution in [0.15, 0.2) is 29.4 Å². The Morgan fingerprint density at radius 3 is 3.00 bits per heavy atom. The van der Waals surface area contributed by atoms with Crippen LogP contribution in [0.4, 0.5) is 10.1 Å². The smallest absolute Gasteiger partial charge is 0.227 e. The summed E-state index contributed by atoms with van der Waals surface area (Å²) >= 11 is 0. The zero-order valence-corrected chi connectivity index (χ0v) is 9.01. The van der Waals surface area contributed by atoms with Crippen LogP contribution in [0.1, 0.15) is 6.42 Å². The van der Waals surface area contributed by atoms with Gasteiger partial charge in [-0.15, -0.1) is 0 Å². The minimum Gasteiger partial charge on any atom is -0.409 e. The minimum atomic E-state index is -0.400. The maximum absolute atomic E-state index is 13.0. The van der Waals surface area contributed by atoms with Gasteiger partial charge in [0.05, 0.1) is 0 Å². The molecule has 0 spiro atoms. The van der Waals surface area contributed by atoms with E-state index in [1.807, 2.05) is 0 Å². The predicted octanol–water partition coefficient (Wildman–Crippen LogP) is 0.925. The lowest BCUT2D eigenvalue weighted by atomic mass is 10.1. The van der Waals surface area contributed by atoms with E-state index in [-0.39, 0.29) is 24.1 Å². The van der Waals surface area contributed by atoms with Crippen LogP contribution in [0, 0.1) is 11.7 Å². The third-order valence-corrected chi connectivity index (χ3v) is 2.78. The Kier molecular flexibility index (Phi) is 2.95. The number of anilines is 1. The summed E-state index contributed by atoms with van der Waals surface area (Å²) in [5.41, 5.74) is 5.95. The van der Waals surface area contributed by atoms with Crippen LogP contribution in [-0.4, -0.2) is 23.5 Å². The molecule has 1 aliphatic rings. The minimum absolute atomic E-state index is 0.0252. The van der Waals surface area contributed by atoms with Gasteiger partial charge in [0.1, 0.15) is 11.7 Å². The van der Waals surface area contributed by atoms with Crippen molar-refractivity contribution in [2.45, 2.75) is 6.42 Å². The predicted molar refractivity (Wildman–Crippen MR) is 60.3 cm³/mol. The number of amides is 1. The van der Waals surface area contributed by atoms with Gasteiger partial charge in [0.25, 0.3) is 0 Å². The Morgan fingerprint density at radius 1 is 1.59 bits per heavy atom. The molecule has 5 nitrogen and oxygen atoms in total. The number of carbonyl (C=O) groups is 1. The quantitative estimate of drug-likeness (QED) is 0.347. The molecule has 0 radical (unpaired) electrons. The second-order valence-electron chi connectivity index (χ2n) is 3.91. The maximum Gasteiger partial charge on any atom is 0.227 e. The van der Waals surface area contributed by atoms with Crippen LogP contribution >= 0.6 is 0 Å². The van der Waals surface area contributed by atoms with Crippen molar-refractivity contribution in [2.75, 3.05) is 11.4 Å². The molecule has 1 aliphatic heterocycles. The molecular formula is C11H12FN3O2. The highest BCUT2D eigenvalue weighted by molar-refractivity contribution is 6.01. The van der Waals surface area contributed by atoms with E-state index < -0.39 is 5.82 Å². The van der Waals surface area contributed by atoms with E-state index in [2.05, 4.69) is 5.16 Å². The summed E-state index contributed by atoms with van der Waals surface area (Å²) in [5, 5.41) is 11.4. The van der Waals surface area contributed by atoms with Gasteiger partial charge >= 0.3 is 0 Å². The lowest BCUT2D eigenvalue weighted by Gasteiger charge is -2.16. The summed E-state index contributed by atoms with van der Waals surface area (Å²) in [5.74, 6) is -0.859. The number of oxime groups is 1. The van der Waals surface area contributed by atoms with E-state index in [4.69, 9.17) is 10.9 Å². The molecule has 1 aromatic carbocycles. The number of halogens is 1. The number of nitrogens with two attached hydrogens (primary N) is 1. The van der Waals surface area contributed by atoms with E-state index in [0.29, 0.717) is 12.2 Å². The van der Waals surface area contributed by atoms with Gasteiger partial charge in [0.15, 0.2) is 0 Å². The van der Waals surface area contributed by atoms with E-state index >= 15 is 0 Å². The molecule has 2 rings (SSSR count).